The van der Waals surface area contributed by atoms with Gasteiger partial charge in [0.05, 0.1) is 12.5 Å². The van der Waals surface area contributed by atoms with Crippen molar-refractivity contribution in [3.63, 3.8) is 0 Å². The summed E-state index contributed by atoms with van der Waals surface area (Å²) in [5.74, 6) is -2.22. The van der Waals surface area contributed by atoms with E-state index >= 15 is 0 Å². The maximum atomic E-state index is 11.6. The Bertz CT molecular complexity index is 525. The predicted octanol–water partition coefficient (Wildman–Crippen LogP) is 0.881. The molecule has 0 spiro atoms. The molecule has 0 heterocycles. The van der Waals surface area contributed by atoms with Gasteiger partial charge in [0.25, 0.3) is 0 Å². The minimum atomic E-state index is -0.970. The molecular formula is C16H22N2O4. The second-order valence-corrected chi connectivity index (χ2v) is 5.31. The van der Waals surface area contributed by atoms with Crippen molar-refractivity contribution in [3.8, 4) is 0 Å². The molecule has 0 aliphatic carbocycles. The van der Waals surface area contributed by atoms with Crippen LogP contribution in [-0.4, -0.2) is 36.0 Å². The Labute approximate surface area is 129 Å². The molecule has 0 saturated carbocycles. The summed E-state index contributed by atoms with van der Waals surface area (Å²) in [6.07, 6.45) is 0.922. The summed E-state index contributed by atoms with van der Waals surface area (Å²) in [6.45, 7) is 3.41. The molecule has 120 valence electrons. The number of aliphatic carboxylic acids is 1. The van der Waals surface area contributed by atoms with Crippen molar-refractivity contribution in [1.29, 1.82) is 0 Å². The first-order chi connectivity index (χ1) is 10.4. The lowest BCUT2D eigenvalue weighted by Crippen LogP contribution is -2.39. The van der Waals surface area contributed by atoms with Gasteiger partial charge in [-0.3, -0.25) is 14.4 Å². The highest BCUT2D eigenvalue weighted by molar-refractivity contribution is 5.85. The third-order valence-electron chi connectivity index (χ3n) is 3.23. The smallest absolute Gasteiger partial charge is 0.308 e. The zero-order chi connectivity index (χ0) is 16.5. The number of hydrogen-bond acceptors (Lipinski definition) is 3. The van der Waals surface area contributed by atoms with Crippen LogP contribution in [0.25, 0.3) is 0 Å². The van der Waals surface area contributed by atoms with Crippen LogP contribution in [0.2, 0.25) is 0 Å². The third kappa shape index (κ3) is 6.88. The maximum Gasteiger partial charge on any atom is 0.308 e. The maximum absolute atomic E-state index is 11.6. The number of carbonyl (C=O) groups excluding carboxylic acids is 2. The molecule has 1 unspecified atom stereocenters. The van der Waals surface area contributed by atoms with Crippen LogP contribution in [-0.2, 0) is 20.8 Å². The fourth-order valence-electron chi connectivity index (χ4n) is 1.70. The minimum Gasteiger partial charge on any atom is -0.481 e. The van der Waals surface area contributed by atoms with Gasteiger partial charge < -0.3 is 15.7 Å². The average Bonchev–Trinajstić information content (AvgIpc) is 2.49. The zero-order valence-electron chi connectivity index (χ0n) is 12.9. The average molecular weight is 306 g/mol. The number of nitrogens with one attached hydrogen (secondary N) is 2. The van der Waals surface area contributed by atoms with E-state index in [4.69, 9.17) is 5.11 Å². The molecule has 6 heteroatoms. The molecule has 1 rings (SSSR count). The molecule has 1 aromatic rings. The highest BCUT2D eigenvalue weighted by Crippen LogP contribution is 2.05. The first-order valence-corrected chi connectivity index (χ1v) is 7.20. The Morgan fingerprint density at radius 2 is 1.73 bits per heavy atom. The van der Waals surface area contributed by atoms with Crippen molar-refractivity contribution in [3.05, 3.63) is 35.4 Å². The van der Waals surface area contributed by atoms with Crippen molar-refractivity contribution in [2.24, 2.45) is 5.92 Å². The van der Waals surface area contributed by atoms with Gasteiger partial charge in [-0.25, -0.2) is 0 Å². The summed E-state index contributed by atoms with van der Waals surface area (Å²) >= 11 is 0. The third-order valence-corrected chi connectivity index (χ3v) is 3.23. The second kappa shape index (κ2) is 8.81. The normalized spacial score (nSPS) is 11.5. The molecule has 0 saturated heterocycles. The van der Waals surface area contributed by atoms with Crippen LogP contribution >= 0.6 is 0 Å². The number of amides is 2. The lowest BCUT2D eigenvalue weighted by molar-refractivity contribution is -0.141. The summed E-state index contributed by atoms with van der Waals surface area (Å²) in [5, 5.41) is 13.7. The zero-order valence-corrected chi connectivity index (χ0v) is 12.9. The monoisotopic (exact) mass is 306 g/mol. The summed E-state index contributed by atoms with van der Waals surface area (Å²) < 4.78 is 0. The molecule has 0 aliphatic rings. The molecule has 0 radical (unpaired) electrons. The Morgan fingerprint density at radius 1 is 1.09 bits per heavy atom. The van der Waals surface area contributed by atoms with E-state index in [2.05, 4.69) is 10.6 Å². The van der Waals surface area contributed by atoms with E-state index in [1.807, 2.05) is 31.2 Å². The van der Waals surface area contributed by atoms with Crippen molar-refractivity contribution in [2.75, 3.05) is 13.1 Å². The number of hydrogen-bond donors (Lipinski definition) is 3. The lowest BCUT2D eigenvalue weighted by atomic mass is 10.1. The van der Waals surface area contributed by atoms with Crippen molar-refractivity contribution in [2.45, 2.75) is 26.7 Å². The van der Waals surface area contributed by atoms with Gasteiger partial charge in [-0.05, 0) is 18.9 Å². The van der Waals surface area contributed by atoms with E-state index in [0.717, 1.165) is 5.56 Å². The van der Waals surface area contributed by atoms with E-state index in [1.54, 1.807) is 0 Å². The first kappa shape index (κ1) is 17.7. The highest BCUT2D eigenvalue weighted by Gasteiger charge is 2.12. The van der Waals surface area contributed by atoms with Gasteiger partial charge in [0.1, 0.15) is 0 Å². The van der Waals surface area contributed by atoms with E-state index in [9.17, 15) is 14.4 Å². The molecule has 1 atom stereocenters. The van der Waals surface area contributed by atoms with Gasteiger partial charge in [0.15, 0.2) is 0 Å². The number of carbonyl (C=O) groups is 3. The largest absolute Gasteiger partial charge is 0.481 e. The standard InChI is InChI=1S/C16H22N2O4/c1-11-3-5-13(6-4-11)7-8-14(19)18-10-15(20)17-9-12(2)16(21)22/h3-6,12H,7-10H2,1-2H3,(H,17,20)(H,18,19)(H,21,22). The van der Waals surface area contributed by atoms with E-state index in [-0.39, 0.29) is 19.0 Å². The van der Waals surface area contributed by atoms with Gasteiger partial charge in [0.2, 0.25) is 11.8 Å². The van der Waals surface area contributed by atoms with Crippen LogP contribution in [0.3, 0.4) is 0 Å². The lowest BCUT2D eigenvalue weighted by Gasteiger charge is -2.09. The van der Waals surface area contributed by atoms with Crippen molar-refractivity contribution < 1.29 is 19.5 Å². The topological polar surface area (TPSA) is 95.5 Å². The molecule has 0 aromatic heterocycles. The van der Waals surface area contributed by atoms with Gasteiger partial charge >= 0.3 is 5.97 Å². The van der Waals surface area contributed by atoms with E-state index in [0.29, 0.717) is 12.8 Å². The molecular weight excluding hydrogens is 284 g/mol. The van der Waals surface area contributed by atoms with Crippen LogP contribution in [0.4, 0.5) is 0 Å². The quantitative estimate of drug-likeness (QED) is 0.664. The minimum absolute atomic E-state index is 0.0490. The highest BCUT2D eigenvalue weighted by atomic mass is 16.4. The van der Waals surface area contributed by atoms with Crippen LogP contribution in [0.5, 0.6) is 0 Å². The summed E-state index contributed by atoms with van der Waals surface area (Å²) in [7, 11) is 0. The Balaban J connectivity index is 2.21. The number of carboxylic acid groups (broad SMARTS) is 1. The van der Waals surface area contributed by atoms with Crippen LogP contribution in [0, 0.1) is 12.8 Å². The fraction of sp³-hybridized carbons (Fsp3) is 0.438. The molecule has 1 aromatic carbocycles. The van der Waals surface area contributed by atoms with E-state index in [1.165, 1.54) is 12.5 Å². The first-order valence-electron chi connectivity index (χ1n) is 7.20. The second-order valence-electron chi connectivity index (χ2n) is 5.31. The van der Waals surface area contributed by atoms with E-state index < -0.39 is 17.8 Å². The van der Waals surface area contributed by atoms with Crippen LogP contribution in [0.1, 0.15) is 24.5 Å². The molecule has 6 nitrogen and oxygen atoms in total. The van der Waals surface area contributed by atoms with Gasteiger partial charge in [-0.2, -0.15) is 0 Å². The summed E-state index contributed by atoms with van der Waals surface area (Å²) in [6, 6.07) is 7.93. The molecule has 0 fully saturated rings. The van der Waals surface area contributed by atoms with Crippen molar-refractivity contribution >= 4 is 17.8 Å². The number of rotatable bonds is 8. The SMILES string of the molecule is Cc1ccc(CCC(=O)NCC(=O)NCC(C)C(=O)O)cc1. The summed E-state index contributed by atoms with van der Waals surface area (Å²) in [5.41, 5.74) is 2.24. The Morgan fingerprint density at radius 3 is 2.32 bits per heavy atom. The molecule has 0 bridgehead atoms. The van der Waals surface area contributed by atoms with Gasteiger partial charge in [-0.15, -0.1) is 0 Å². The van der Waals surface area contributed by atoms with Crippen LogP contribution < -0.4 is 10.6 Å². The molecule has 0 aliphatic heterocycles. The van der Waals surface area contributed by atoms with Gasteiger partial charge in [-0.1, -0.05) is 36.8 Å². The molecule has 2 amide bonds. The van der Waals surface area contributed by atoms with Crippen LogP contribution in [0.15, 0.2) is 24.3 Å². The summed E-state index contributed by atoms with van der Waals surface area (Å²) in [4.78, 5) is 33.7. The number of benzene rings is 1. The fourth-order valence-corrected chi connectivity index (χ4v) is 1.70. The molecule has 3 N–H and O–H groups in total. The van der Waals surface area contributed by atoms with Crippen molar-refractivity contribution in [1.82, 2.24) is 10.6 Å². The van der Waals surface area contributed by atoms with Gasteiger partial charge in [0, 0.05) is 13.0 Å². The molecule has 22 heavy (non-hydrogen) atoms. The predicted molar refractivity (Wildman–Crippen MR) is 82.3 cm³/mol. The number of aryl methyl sites for hydroxylation is 2. The Kier molecular flexibility index (Phi) is 7.08. The Hall–Kier alpha value is -2.37. The number of carboxylic acids is 1.